The maximum atomic E-state index is 13.6. The van der Waals surface area contributed by atoms with Crippen molar-refractivity contribution in [2.24, 2.45) is 5.10 Å². The number of nitrogens with one attached hydrogen (secondary N) is 1. The van der Waals surface area contributed by atoms with Crippen molar-refractivity contribution >= 4 is 61.0 Å². The van der Waals surface area contributed by atoms with Crippen LogP contribution in [0.2, 0.25) is 5.02 Å². The molecule has 5 aromatic carbocycles. The number of amides is 1. The molecule has 0 aromatic heterocycles. The van der Waals surface area contributed by atoms with Crippen LogP contribution in [-0.2, 0) is 14.8 Å². The Hall–Kier alpha value is -4.40. The Bertz CT molecular complexity index is 1730. The Kier molecular flexibility index (Phi) is 7.49. The van der Waals surface area contributed by atoms with Crippen molar-refractivity contribution in [1.82, 2.24) is 5.43 Å². The fraction of sp³-hybridized carbons (Fsp3) is 0.0667. The molecule has 0 aliphatic heterocycles. The second kappa shape index (κ2) is 11.1. The molecular formula is C30H24ClN3O4S. The smallest absolute Gasteiger partial charge is 0.264 e. The van der Waals surface area contributed by atoms with Crippen LogP contribution in [-0.4, -0.2) is 34.2 Å². The summed E-state index contributed by atoms with van der Waals surface area (Å²) in [6, 6.07) is 30.1. The molecule has 1 amide bonds. The van der Waals surface area contributed by atoms with Crippen LogP contribution in [0.4, 0.5) is 5.69 Å². The molecule has 0 saturated carbocycles. The third-order valence-electron chi connectivity index (χ3n) is 6.25. The van der Waals surface area contributed by atoms with Crippen molar-refractivity contribution < 1.29 is 17.9 Å². The lowest BCUT2D eigenvalue weighted by atomic mass is 9.97. The number of sulfonamides is 1. The fourth-order valence-corrected chi connectivity index (χ4v) is 5.87. The molecule has 0 atom stereocenters. The Balaban J connectivity index is 1.43. The summed E-state index contributed by atoms with van der Waals surface area (Å²) in [5.74, 6) is -0.0946. The van der Waals surface area contributed by atoms with E-state index < -0.39 is 22.5 Å². The highest BCUT2D eigenvalue weighted by atomic mass is 35.5. The van der Waals surface area contributed by atoms with Gasteiger partial charge in [0, 0.05) is 10.6 Å². The first-order valence-electron chi connectivity index (χ1n) is 12.0. The lowest BCUT2D eigenvalue weighted by Gasteiger charge is -2.23. The number of nitrogens with zero attached hydrogens (tertiary/aromatic N) is 2. The molecule has 5 rings (SSSR count). The highest BCUT2D eigenvalue weighted by molar-refractivity contribution is 7.92. The molecule has 196 valence electrons. The molecule has 9 heteroatoms. The van der Waals surface area contributed by atoms with Crippen molar-refractivity contribution in [3.05, 3.63) is 114 Å². The molecule has 0 unspecified atom stereocenters. The van der Waals surface area contributed by atoms with E-state index in [1.807, 2.05) is 48.5 Å². The third-order valence-corrected chi connectivity index (χ3v) is 8.29. The molecule has 0 aliphatic carbocycles. The first kappa shape index (κ1) is 26.2. The first-order chi connectivity index (χ1) is 18.9. The van der Waals surface area contributed by atoms with Crippen molar-refractivity contribution in [3.8, 4) is 5.75 Å². The van der Waals surface area contributed by atoms with Gasteiger partial charge in [-0.25, -0.2) is 13.8 Å². The quantitative estimate of drug-likeness (QED) is 0.144. The topological polar surface area (TPSA) is 88.1 Å². The number of hydrogen-bond acceptors (Lipinski definition) is 5. The lowest BCUT2D eigenvalue weighted by Crippen LogP contribution is -2.39. The first-order valence-corrected chi connectivity index (χ1v) is 13.8. The van der Waals surface area contributed by atoms with Crippen molar-refractivity contribution in [1.29, 1.82) is 0 Å². The predicted octanol–water partition coefficient (Wildman–Crippen LogP) is 6.00. The number of hydrazone groups is 1. The number of hydrogen-bond donors (Lipinski definition) is 1. The molecule has 7 nitrogen and oxygen atoms in total. The highest BCUT2D eigenvalue weighted by Gasteiger charge is 2.27. The van der Waals surface area contributed by atoms with E-state index in [0.29, 0.717) is 10.8 Å². The second-order valence-electron chi connectivity index (χ2n) is 8.69. The Labute approximate surface area is 231 Å². The molecule has 0 aliphatic rings. The average molecular weight is 558 g/mol. The minimum Gasteiger partial charge on any atom is -0.497 e. The van der Waals surface area contributed by atoms with Gasteiger partial charge < -0.3 is 4.74 Å². The van der Waals surface area contributed by atoms with E-state index in [0.717, 1.165) is 31.4 Å². The Morgan fingerprint density at radius 1 is 0.897 bits per heavy atom. The number of anilines is 1. The summed E-state index contributed by atoms with van der Waals surface area (Å²) in [6.07, 6.45) is 1.59. The zero-order valence-electron chi connectivity index (χ0n) is 20.9. The van der Waals surface area contributed by atoms with Crippen molar-refractivity contribution in [2.75, 3.05) is 18.0 Å². The number of rotatable bonds is 8. The van der Waals surface area contributed by atoms with Crippen molar-refractivity contribution in [2.45, 2.75) is 4.90 Å². The maximum Gasteiger partial charge on any atom is 0.264 e. The molecule has 5 aromatic rings. The fourth-order valence-electron chi connectivity index (χ4n) is 4.32. The van der Waals surface area contributed by atoms with E-state index in [1.165, 1.54) is 19.2 Å². The maximum absolute atomic E-state index is 13.6. The van der Waals surface area contributed by atoms with Gasteiger partial charge in [-0.3, -0.25) is 9.10 Å². The highest BCUT2D eigenvalue weighted by Crippen LogP contribution is 2.28. The summed E-state index contributed by atoms with van der Waals surface area (Å²) in [6.45, 7) is -0.496. The number of methoxy groups -OCH3 is 1. The van der Waals surface area contributed by atoms with Gasteiger partial charge in [-0.15, -0.1) is 0 Å². The monoisotopic (exact) mass is 557 g/mol. The van der Waals surface area contributed by atoms with Crippen molar-refractivity contribution in [3.63, 3.8) is 0 Å². The molecule has 0 spiro atoms. The van der Waals surface area contributed by atoms with Gasteiger partial charge in [0.2, 0.25) is 0 Å². The average Bonchev–Trinajstić information content (AvgIpc) is 2.96. The van der Waals surface area contributed by atoms with Crippen LogP contribution in [0, 0.1) is 0 Å². The molecular weight excluding hydrogens is 534 g/mol. The van der Waals surface area contributed by atoms with Gasteiger partial charge in [0.05, 0.1) is 23.9 Å². The summed E-state index contributed by atoms with van der Waals surface area (Å²) in [7, 11) is -2.60. The van der Waals surface area contributed by atoms with E-state index in [1.54, 1.807) is 42.6 Å². The van der Waals surface area contributed by atoms with Gasteiger partial charge in [0.15, 0.2) is 0 Å². The van der Waals surface area contributed by atoms with Crippen LogP contribution in [0.3, 0.4) is 0 Å². The number of benzene rings is 5. The Morgan fingerprint density at radius 2 is 1.49 bits per heavy atom. The van der Waals surface area contributed by atoms with Crippen LogP contribution < -0.4 is 14.5 Å². The van der Waals surface area contributed by atoms with E-state index >= 15 is 0 Å². The normalized spacial score (nSPS) is 11.6. The van der Waals surface area contributed by atoms with Gasteiger partial charge in [-0.1, -0.05) is 60.1 Å². The molecule has 0 heterocycles. The molecule has 39 heavy (non-hydrogen) atoms. The van der Waals surface area contributed by atoms with Gasteiger partial charge >= 0.3 is 0 Å². The van der Waals surface area contributed by atoms with Crippen LogP contribution in [0.15, 0.2) is 113 Å². The standard InChI is InChI=1S/C30H24ClN3O4S/c1-38-25-14-16-26(17-15-25)39(36,37)34(24-12-10-23(31)11-13-24)20-30(35)33-32-19-29-27-8-4-2-6-21(27)18-22-7-3-5-9-28(22)29/h2-19H,20H2,1H3,(H,33,35). The van der Waals surface area contributed by atoms with Crippen LogP contribution >= 0.6 is 11.6 Å². The molecule has 1 N–H and O–H groups in total. The van der Waals surface area contributed by atoms with E-state index in [4.69, 9.17) is 16.3 Å². The number of carbonyl (C=O) groups excluding carboxylic acids is 1. The zero-order valence-corrected chi connectivity index (χ0v) is 22.5. The van der Waals surface area contributed by atoms with E-state index in [2.05, 4.69) is 16.6 Å². The van der Waals surface area contributed by atoms with E-state index in [9.17, 15) is 13.2 Å². The largest absolute Gasteiger partial charge is 0.497 e. The number of ether oxygens (including phenoxy) is 1. The number of fused-ring (bicyclic) bond motifs is 2. The summed E-state index contributed by atoms with van der Waals surface area (Å²) in [5.41, 5.74) is 3.63. The Morgan fingerprint density at radius 3 is 2.08 bits per heavy atom. The van der Waals surface area contributed by atoms with Gasteiger partial charge in [0.25, 0.3) is 15.9 Å². The molecule has 0 saturated heterocycles. The van der Waals surface area contributed by atoms with Gasteiger partial charge in [-0.05, 0) is 76.1 Å². The SMILES string of the molecule is COc1ccc(S(=O)(=O)N(CC(=O)NN=Cc2c3ccccc3cc3ccccc23)c2ccc(Cl)cc2)cc1. The van der Waals surface area contributed by atoms with Gasteiger partial charge in [-0.2, -0.15) is 5.10 Å². The van der Waals surface area contributed by atoms with Gasteiger partial charge in [0.1, 0.15) is 12.3 Å². The zero-order chi connectivity index (χ0) is 27.4. The summed E-state index contributed by atoms with van der Waals surface area (Å²) >= 11 is 6.02. The van der Waals surface area contributed by atoms with Crippen LogP contribution in [0.1, 0.15) is 5.56 Å². The summed E-state index contributed by atoms with van der Waals surface area (Å²) < 4.78 is 33.3. The third kappa shape index (κ3) is 5.57. The van der Waals surface area contributed by atoms with E-state index in [-0.39, 0.29) is 10.6 Å². The number of carbonyl (C=O) groups is 1. The predicted molar refractivity (Wildman–Crippen MR) is 156 cm³/mol. The van der Waals surface area contributed by atoms with Crippen LogP contribution in [0.25, 0.3) is 21.5 Å². The summed E-state index contributed by atoms with van der Waals surface area (Å²) in [4.78, 5) is 13.0. The molecule has 0 bridgehead atoms. The molecule has 0 radical (unpaired) electrons. The minimum atomic E-state index is -4.10. The van der Waals surface area contributed by atoms with Crippen LogP contribution in [0.5, 0.6) is 5.75 Å². The number of halogens is 1. The summed E-state index contributed by atoms with van der Waals surface area (Å²) in [5, 5.41) is 8.70. The lowest BCUT2D eigenvalue weighted by molar-refractivity contribution is -0.119. The second-order valence-corrected chi connectivity index (χ2v) is 11.0. The molecule has 0 fully saturated rings. The minimum absolute atomic E-state index is 0.0109.